The zero-order valence-corrected chi connectivity index (χ0v) is 11.5. The van der Waals surface area contributed by atoms with Crippen LogP contribution in [0.5, 0.6) is 0 Å². The van der Waals surface area contributed by atoms with E-state index >= 15 is 0 Å². The minimum absolute atomic E-state index is 0.0559. The quantitative estimate of drug-likeness (QED) is 0.562. The van der Waals surface area contributed by atoms with Crippen molar-refractivity contribution in [2.75, 3.05) is 5.75 Å². The average molecular weight is 257 g/mol. The van der Waals surface area contributed by atoms with Gasteiger partial charge in [0.05, 0.1) is 5.02 Å². The molecule has 88 valence electrons. The standard InChI is InChI=1S/C13H17ClOS/c1-4-9(2)8-16-13-6-5-11(10(3)15)7-12(13)14/h5-7,9H,4,8H2,1-3H3. The van der Waals surface area contributed by atoms with Crippen molar-refractivity contribution in [3.63, 3.8) is 0 Å². The molecule has 0 radical (unpaired) electrons. The van der Waals surface area contributed by atoms with Gasteiger partial charge in [-0.25, -0.2) is 0 Å². The molecule has 1 aromatic carbocycles. The predicted octanol–water partition coefficient (Wildman–Crippen LogP) is 4.68. The van der Waals surface area contributed by atoms with Crippen LogP contribution in [0.25, 0.3) is 0 Å². The van der Waals surface area contributed by atoms with E-state index in [1.165, 1.54) is 6.42 Å². The molecule has 0 saturated carbocycles. The van der Waals surface area contributed by atoms with Gasteiger partial charge < -0.3 is 0 Å². The second-order valence-electron chi connectivity index (χ2n) is 4.03. The first kappa shape index (κ1) is 13.6. The molecule has 0 aliphatic rings. The summed E-state index contributed by atoms with van der Waals surface area (Å²) in [4.78, 5) is 12.2. The smallest absolute Gasteiger partial charge is 0.159 e. The lowest BCUT2D eigenvalue weighted by molar-refractivity contribution is 0.101. The summed E-state index contributed by atoms with van der Waals surface area (Å²) in [7, 11) is 0. The van der Waals surface area contributed by atoms with Crippen LogP contribution in [0.15, 0.2) is 23.1 Å². The van der Waals surface area contributed by atoms with Gasteiger partial charge in [0.15, 0.2) is 5.78 Å². The summed E-state index contributed by atoms with van der Waals surface area (Å²) in [5.74, 6) is 1.81. The normalized spacial score (nSPS) is 12.5. The van der Waals surface area contributed by atoms with Gasteiger partial charge in [-0.15, -0.1) is 11.8 Å². The van der Waals surface area contributed by atoms with E-state index < -0.39 is 0 Å². The van der Waals surface area contributed by atoms with Gasteiger partial charge in [0.1, 0.15) is 0 Å². The summed E-state index contributed by atoms with van der Waals surface area (Å²) in [5, 5.41) is 0.681. The summed E-state index contributed by atoms with van der Waals surface area (Å²) < 4.78 is 0. The van der Waals surface area contributed by atoms with Crippen LogP contribution in [0, 0.1) is 5.92 Å². The topological polar surface area (TPSA) is 17.1 Å². The molecule has 1 nitrogen and oxygen atoms in total. The molecular weight excluding hydrogens is 240 g/mol. The molecule has 0 bridgehead atoms. The molecule has 1 unspecified atom stereocenters. The van der Waals surface area contributed by atoms with Crippen LogP contribution in [0.4, 0.5) is 0 Å². The summed E-state index contributed by atoms with van der Waals surface area (Å²) in [6.07, 6.45) is 1.18. The number of rotatable bonds is 5. The van der Waals surface area contributed by atoms with Gasteiger partial charge in [0.2, 0.25) is 0 Å². The molecule has 0 aliphatic heterocycles. The first-order chi connectivity index (χ1) is 7.54. The van der Waals surface area contributed by atoms with Crippen molar-refractivity contribution >= 4 is 29.1 Å². The molecule has 0 heterocycles. The number of carbonyl (C=O) groups excluding carboxylic acids is 1. The summed E-state index contributed by atoms with van der Waals surface area (Å²) in [6, 6.07) is 5.53. The zero-order chi connectivity index (χ0) is 12.1. The molecule has 16 heavy (non-hydrogen) atoms. The van der Waals surface area contributed by atoms with E-state index in [1.54, 1.807) is 24.8 Å². The van der Waals surface area contributed by atoms with Crippen LogP contribution in [-0.4, -0.2) is 11.5 Å². The first-order valence-electron chi connectivity index (χ1n) is 5.47. The van der Waals surface area contributed by atoms with Gasteiger partial charge in [-0.2, -0.15) is 0 Å². The van der Waals surface area contributed by atoms with E-state index in [-0.39, 0.29) is 5.78 Å². The largest absolute Gasteiger partial charge is 0.295 e. The Morgan fingerprint density at radius 1 is 1.50 bits per heavy atom. The van der Waals surface area contributed by atoms with Gasteiger partial charge >= 0.3 is 0 Å². The number of hydrogen-bond donors (Lipinski definition) is 0. The Balaban J connectivity index is 2.72. The van der Waals surface area contributed by atoms with Gasteiger partial charge in [-0.05, 0) is 25.0 Å². The van der Waals surface area contributed by atoms with E-state index in [4.69, 9.17) is 11.6 Å². The van der Waals surface area contributed by atoms with E-state index in [9.17, 15) is 4.79 Å². The fraction of sp³-hybridized carbons (Fsp3) is 0.462. The third-order valence-corrected chi connectivity index (χ3v) is 4.39. The molecule has 0 amide bonds. The minimum Gasteiger partial charge on any atom is -0.295 e. The molecule has 1 aromatic rings. The summed E-state index contributed by atoms with van der Waals surface area (Å²) in [6.45, 7) is 5.97. The van der Waals surface area contributed by atoms with Crippen molar-refractivity contribution < 1.29 is 4.79 Å². The third kappa shape index (κ3) is 3.84. The number of halogens is 1. The lowest BCUT2D eigenvalue weighted by Gasteiger charge is -2.09. The number of hydrogen-bond acceptors (Lipinski definition) is 2. The fourth-order valence-electron chi connectivity index (χ4n) is 1.19. The van der Waals surface area contributed by atoms with E-state index in [1.807, 2.05) is 12.1 Å². The number of ketones is 1. The highest BCUT2D eigenvalue weighted by Gasteiger charge is 2.07. The number of thioether (sulfide) groups is 1. The highest BCUT2D eigenvalue weighted by Crippen LogP contribution is 2.30. The summed E-state index contributed by atoms with van der Waals surface area (Å²) in [5.41, 5.74) is 0.679. The van der Waals surface area contributed by atoms with Crippen molar-refractivity contribution in [1.29, 1.82) is 0 Å². The highest BCUT2D eigenvalue weighted by molar-refractivity contribution is 7.99. The zero-order valence-electron chi connectivity index (χ0n) is 9.92. The van der Waals surface area contributed by atoms with Gasteiger partial charge in [0.25, 0.3) is 0 Å². The van der Waals surface area contributed by atoms with Crippen LogP contribution in [0.3, 0.4) is 0 Å². The number of benzene rings is 1. The van der Waals surface area contributed by atoms with Crippen LogP contribution in [0.2, 0.25) is 5.02 Å². The molecule has 0 N–H and O–H groups in total. The highest BCUT2D eigenvalue weighted by atomic mass is 35.5. The maximum absolute atomic E-state index is 11.2. The van der Waals surface area contributed by atoms with Crippen LogP contribution in [0.1, 0.15) is 37.6 Å². The second-order valence-corrected chi connectivity index (χ2v) is 5.49. The molecule has 3 heteroatoms. The second kappa shape index (κ2) is 6.31. The van der Waals surface area contributed by atoms with Crippen molar-refractivity contribution in [2.24, 2.45) is 5.92 Å². The van der Waals surface area contributed by atoms with Gasteiger partial charge in [0, 0.05) is 16.2 Å². The Labute approximate surface area is 107 Å². The van der Waals surface area contributed by atoms with Crippen LogP contribution >= 0.6 is 23.4 Å². The van der Waals surface area contributed by atoms with Gasteiger partial charge in [-0.1, -0.05) is 37.9 Å². The predicted molar refractivity (Wildman–Crippen MR) is 71.6 cm³/mol. The van der Waals surface area contributed by atoms with Crippen molar-refractivity contribution in [1.82, 2.24) is 0 Å². The Morgan fingerprint density at radius 3 is 2.69 bits per heavy atom. The maximum atomic E-state index is 11.2. The van der Waals surface area contributed by atoms with E-state index in [2.05, 4.69) is 13.8 Å². The molecule has 0 fully saturated rings. The van der Waals surface area contributed by atoms with E-state index in [0.29, 0.717) is 16.5 Å². The molecular formula is C13H17ClOS. The Bertz CT molecular complexity index is 376. The maximum Gasteiger partial charge on any atom is 0.159 e. The van der Waals surface area contributed by atoms with Crippen molar-refractivity contribution in [3.05, 3.63) is 28.8 Å². The average Bonchev–Trinajstić information content (AvgIpc) is 2.26. The lowest BCUT2D eigenvalue weighted by atomic mass is 10.1. The van der Waals surface area contributed by atoms with Gasteiger partial charge in [-0.3, -0.25) is 4.79 Å². The fourth-order valence-corrected chi connectivity index (χ4v) is 2.59. The Morgan fingerprint density at radius 2 is 2.19 bits per heavy atom. The molecule has 1 rings (SSSR count). The number of carbonyl (C=O) groups is 1. The number of Topliss-reactive ketones (excluding diaryl/α,β-unsaturated/α-hetero) is 1. The Kier molecular flexibility index (Phi) is 5.36. The minimum atomic E-state index is 0.0559. The van der Waals surface area contributed by atoms with Crippen molar-refractivity contribution in [3.8, 4) is 0 Å². The monoisotopic (exact) mass is 256 g/mol. The van der Waals surface area contributed by atoms with Crippen molar-refractivity contribution in [2.45, 2.75) is 32.1 Å². The molecule has 1 atom stereocenters. The molecule has 0 saturated heterocycles. The lowest BCUT2D eigenvalue weighted by Crippen LogP contribution is -1.96. The summed E-state index contributed by atoms with van der Waals surface area (Å²) >= 11 is 7.88. The molecule has 0 aromatic heterocycles. The van der Waals surface area contributed by atoms with Crippen LogP contribution < -0.4 is 0 Å². The molecule has 0 aliphatic carbocycles. The molecule has 0 spiro atoms. The SMILES string of the molecule is CCC(C)CSc1ccc(C(C)=O)cc1Cl. The Hall–Kier alpha value is -0.470. The van der Waals surface area contributed by atoms with Crippen LogP contribution in [-0.2, 0) is 0 Å². The van der Waals surface area contributed by atoms with E-state index in [0.717, 1.165) is 10.6 Å². The third-order valence-electron chi connectivity index (χ3n) is 2.56. The first-order valence-corrected chi connectivity index (χ1v) is 6.84.